The van der Waals surface area contributed by atoms with Crippen molar-refractivity contribution in [2.24, 2.45) is 0 Å². The zero-order chi connectivity index (χ0) is 18.7. The summed E-state index contributed by atoms with van der Waals surface area (Å²) in [6.07, 6.45) is -4.79. The van der Waals surface area contributed by atoms with Crippen molar-refractivity contribution >= 4 is 16.8 Å². The third-order valence-electron chi connectivity index (χ3n) is 3.73. The maximum Gasteiger partial charge on any atom is 0.573 e. The zero-order valence-electron chi connectivity index (χ0n) is 13.8. The molecule has 1 aromatic heterocycles. The van der Waals surface area contributed by atoms with Crippen molar-refractivity contribution in [1.82, 2.24) is 10.3 Å². The van der Waals surface area contributed by atoms with Gasteiger partial charge in [-0.2, -0.15) is 0 Å². The molecule has 1 amide bonds. The molecule has 2 aromatic carbocycles. The topological polar surface area (TPSA) is 51.2 Å². The molecule has 0 radical (unpaired) electrons. The quantitative estimate of drug-likeness (QED) is 0.752. The number of rotatable bonds is 4. The highest BCUT2D eigenvalue weighted by Crippen LogP contribution is 2.26. The van der Waals surface area contributed by atoms with E-state index in [1.165, 1.54) is 18.2 Å². The van der Waals surface area contributed by atoms with Crippen LogP contribution in [-0.2, 0) is 6.54 Å². The third-order valence-corrected chi connectivity index (χ3v) is 3.73. The molecule has 26 heavy (non-hydrogen) atoms. The number of aryl methyl sites for hydroxylation is 1. The first-order valence-electron chi connectivity index (χ1n) is 7.82. The van der Waals surface area contributed by atoms with E-state index in [4.69, 9.17) is 0 Å². The number of fused-ring (bicyclic) bond motifs is 1. The molecule has 4 nitrogen and oxygen atoms in total. The Bertz CT molecular complexity index is 955. The summed E-state index contributed by atoms with van der Waals surface area (Å²) in [6, 6.07) is 14.5. The van der Waals surface area contributed by atoms with Gasteiger partial charge in [-0.05, 0) is 25.1 Å². The second kappa shape index (κ2) is 7.03. The molecule has 134 valence electrons. The van der Waals surface area contributed by atoms with E-state index in [1.807, 2.05) is 6.07 Å². The number of aromatic nitrogens is 1. The van der Waals surface area contributed by atoms with Crippen LogP contribution in [0, 0.1) is 6.92 Å². The minimum Gasteiger partial charge on any atom is -0.405 e. The first kappa shape index (κ1) is 17.7. The Hall–Kier alpha value is -3.09. The molecular weight excluding hydrogens is 345 g/mol. The van der Waals surface area contributed by atoms with Gasteiger partial charge in [0.2, 0.25) is 0 Å². The van der Waals surface area contributed by atoms with Crippen molar-refractivity contribution in [2.75, 3.05) is 0 Å². The van der Waals surface area contributed by atoms with Gasteiger partial charge in [0.25, 0.3) is 5.91 Å². The number of halogens is 3. The van der Waals surface area contributed by atoms with Gasteiger partial charge >= 0.3 is 6.36 Å². The number of nitrogens with zero attached hydrogens (tertiary/aromatic N) is 1. The minimum atomic E-state index is -4.79. The van der Waals surface area contributed by atoms with Crippen LogP contribution in [0.15, 0.2) is 54.6 Å². The Morgan fingerprint density at radius 2 is 1.81 bits per heavy atom. The normalized spacial score (nSPS) is 11.4. The predicted octanol–water partition coefficient (Wildman–Crippen LogP) is 4.37. The van der Waals surface area contributed by atoms with Gasteiger partial charge in [0, 0.05) is 23.2 Å². The summed E-state index contributed by atoms with van der Waals surface area (Å²) in [4.78, 5) is 16.9. The maximum absolute atomic E-state index is 12.6. The van der Waals surface area contributed by atoms with E-state index >= 15 is 0 Å². The molecule has 0 atom stereocenters. The molecule has 3 aromatic rings. The second-order valence-corrected chi connectivity index (χ2v) is 5.67. The average molecular weight is 360 g/mol. The van der Waals surface area contributed by atoms with E-state index < -0.39 is 12.3 Å². The van der Waals surface area contributed by atoms with E-state index in [0.717, 1.165) is 0 Å². The Balaban J connectivity index is 1.83. The van der Waals surface area contributed by atoms with Gasteiger partial charge in [-0.25, -0.2) is 0 Å². The number of carbonyl (C=O) groups is 1. The number of pyridine rings is 1. The highest BCUT2D eigenvalue weighted by molar-refractivity contribution is 6.06. The monoisotopic (exact) mass is 360 g/mol. The molecule has 0 aliphatic rings. The van der Waals surface area contributed by atoms with Gasteiger partial charge in [-0.3, -0.25) is 9.78 Å². The van der Waals surface area contributed by atoms with Crippen molar-refractivity contribution in [3.05, 3.63) is 71.4 Å². The molecule has 0 aliphatic heterocycles. The molecule has 1 heterocycles. The summed E-state index contributed by atoms with van der Waals surface area (Å²) in [5.41, 5.74) is 2.00. The summed E-state index contributed by atoms with van der Waals surface area (Å²) in [5, 5.41) is 3.32. The van der Waals surface area contributed by atoms with Crippen molar-refractivity contribution in [1.29, 1.82) is 0 Å². The first-order valence-corrected chi connectivity index (χ1v) is 7.82. The van der Waals surface area contributed by atoms with E-state index in [1.54, 1.807) is 37.3 Å². The number of benzene rings is 2. The highest BCUT2D eigenvalue weighted by atomic mass is 19.4. The fraction of sp³-hybridized carbons (Fsp3) is 0.158. The van der Waals surface area contributed by atoms with Crippen LogP contribution in [0.25, 0.3) is 10.9 Å². The minimum absolute atomic E-state index is 0.0964. The average Bonchev–Trinajstić information content (AvgIpc) is 2.58. The van der Waals surface area contributed by atoms with Crippen LogP contribution in [0.3, 0.4) is 0 Å². The maximum atomic E-state index is 12.6. The molecule has 0 saturated heterocycles. The van der Waals surface area contributed by atoms with E-state index in [2.05, 4.69) is 15.0 Å². The number of alkyl halides is 3. The lowest BCUT2D eigenvalue weighted by atomic mass is 10.1. The lowest BCUT2D eigenvalue weighted by molar-refractivity contribution is -0.274. The predicted molar refractivity (Wildman–Crippen MR) is 90.8 cm³/mol. The summed E-state index contributed by atoms with van der Waals surface area (Å²) in [7, 11) is 0. The van der Waals surface area contributed by atoms with Crippen LogP contribution in [0.1, 0.15) is 21.6 Å². The number of nitrogens with one attached hydrogen (secondary N) is 1. The second-order valence-electron chi connectivity index (χ2n) is 5.67. The van der Waals surface area contributed by atoms with Gasteiger partial charge in [-0.15, -0.1) is 13.2 Å². The number of ether oxygens (including phenoxy) is 1. The van der Waals surface area contributed by atoms with Crippen LogP contribution in [0.5, 0.6) is 5.75 Å². The standard InChI is InChI=1S/C19H15F3N2O2/c1-12-10-15(14-7-3-4-8-16(14)24-12)18(25)23-11-13-6-2-5-9-17(13)26-19(20,21)22/h2-10H,11H2,1H3,(H,23,25). The molecule has 0 aliphatic carbocycles. The first-order chi connectivity index (χ1) is 12.3. The summed E-state index contributed by atoms with van der Waals surface area (Å²) in [6.45, 7) is 1.68. The fourth-order valence-electron chi connectivity index (χ4n) is 2.64. The summed E-state index contributed by atoms with van der Waals surface area (Å²) < 4.78 is 41.5. The van der Waals surface area contributed by atoms with Crippen LogP contribution < -0.4 is 10.1 Å². The van der Waals surface area contributed by atoms with Crippen LogP contribution >= 0.6 is 0 Å². The summed E-state index contributed by atoms with van der Waals surface area (Å²) >= 11 is 0. The van der Waals surface area contributed by atoms with Gasteiger partial charge in [0.15, 0.2) is 0 Å². The van der Waals surface area contributed by atoms with Gasteiger partial charge in [-0.1, -0.05) is 36.4 Å². The van der Waals surface area contributed by atoms with E-state index in [0.29, 0.717) is 22.2 Å². The number of carbonyl (C=O) groups excluding carboxylic acids is 1. The van der Waals surface area contributed by atoms with Gasteiger partial charge in [0.05, 0.1) is 11.1 Å². The molecule has 7 heteroatoms. The molecule has 0 unspecified atom stereocenters. The number of hydrogen-bond acceptors (Lipinski definition) is 3. The van der Waals surface area contributed by atoms with Gasteiger partial charge < -0.3 is 10.1 Å². The smallest absolute Gasteiger partial charge is 0.405 e. The molecule has 0 fully saturated rings. The third kappa shape index (κ3) is 4.11. The van der Waals surface area contributed by atoms with Crippen molar-refractivity contribution < 1.29 is 22.7 Å². The Morgan fingerprint density at radius 1 is 1.12 bits per heavy atom. The molecule has 0 bridgehead atoms. The SMILES string of the molecule is Cc1cc(C(=O)NCc2ccccc2OC(F)(F)F)c2ccccc2n1. The number of hydrogen-bond donors (Lipinski definition) is 1. The highest BCUT2D eigenvalue weighted by Gasteiger charge is 2.32. The van der Waals surface area contributed by atoms with Crippen LogP contribution in [0.4, 0.5) is 13.2 Å². The van der Waals surface area contributed by atoms with E-state index in [9.17, 15) is 18.0 Å². The molecular formula is C19H15F3N2O2. The number of para-hydroxylation sites is 2. The summed E-state index contributed by atoms with van der Waals surface area (Å²) in [5.74, 6) is -0.732. The van der Waals surface area contributed by atoms with E-state index in [-0.39, 0.29) is 17.9 Å². The molecule has 1 N–H and O–H groups in total. The molecule has 0 saturated carbocycles. The fourth-order valence-corrected chi connectivity index (χ4v) is 2.64. The van der Waals surface area contributed by atoms with Crippen molar-refractivity contribution in [3.63, 3.8) is 0 Å². The lowest BCUT2D eigenvalue weighted by Gasteiger charge is -2.14. The van der Waals surface area contributed by atoms with Crippen LogP contribution in [0.2, 0.25) is 0 Å². The Labute approximate surface area is 147 Å². The number of amides is 1. The Kier molecular flexibility index (Phi) is 4.79. The van der Waals surface area contributed by atoms with Crippen molar-refractivity contribution in [3.8, 4) is 5.75 Å². The van der Waals surface area contributed by atoms with Crippen LogP contribution in [-0.4, -0.2) is 17.3 Å². The zero-order valence-corrected chi connectivity index (χ0v) is 13.8. The largest absolute Gasteiger partial charge is 0.573 e. The Morgan fingerprint density at radius 3 is 2.58 bits per heavy atom. The molecule has 3 rings (SSSR count). The van der Waals surface area contributed by atoms with Gasteiger partial charge in [0.1, 0.15) is 5.75 Å². The van der Waals surface area contributed by atoms with Crippen molar-refractivity contribution in [2.45, 2.75) is 19.8 Å². The lowest BCUT2D eigenvalue weighted by Crippen LogP contribution is -2.25. The molecule has 0 spiro atoms.